The molecule has 0 radical (unpaired) electrons. The van der Waals surface area contributed by atoms with Gasteiger partial charge in [0, 0.05) is 37.4 Å². The summed E-state index contributed by atoms with van der Waals surface area (Å²) < 4.78 is 0. The zero-order valence-corrected chi connectivity index (χ0v) is 21.9. The maximum absolute atomic E-state index is 12.3. The summed E-state index contributed by atoms with van der Waals surface area (Å²) in [4.78, 5) is 39.2. The quantitative estimate of drug-likeness (QED) is 0.449. The van der Waals surface area contributed by atoms with E-state index in [0.717, 1.165) is 66.4 Å². The first kappa shape index (κ1) is 26.7. The molecule has 1 aliphatic heterocycles. The van der Waals surface area contributed by atoms with Gasteiger partial charge in [0.15, 0.2) is 0 Å². The summed E-state index contributed by atoms with van der Waals surface area (Å²) >= 11 is 1.58. The van der Waals surface area contributed by atoms with Gasteiger partial charge in [-0.1, -0.05) is 25.3 Å². The van der Waals surface area contributed by atoms with Crippen LogP contribution in [-0.2, 0) is 9.59 Å². The summed E-state index contributed by atoms with van der Waals surface area (Å²) in [6, 6.07) is 9.84. The number of aliphatic hydroxyl groups excluding tert-OH is 1. The summed E-state index contributed by atoms with van der Waals surface area (Å²) in [6.07, 6.45) is 10.0. The van der Waals surface area contributed by atoms with Gasteiger partial charge >= 0.3 is 0 Å². The van der Waals surface area contributed by atoms with Crippen molar-refractivity contribution in [3.8, 4) is 10.6 Å². The number of nitrogens with one attached hydrogen (secondary N) is 2. The molecule has 0 spiro atoms. The molecule has 4 heterocycles. The van der Waals surface area contributed by atoms with E-state index >= 15 is 0 Å². The number of carbonyl (C=O) groups excluding carboxylic acids is 2. The number of anilines is 2. The molecule has 5 rings (SSSR count). The number of aryl methyl sites for hydroxylation is 1. The van der Waals surface area contributed by atoms with Crippen LogP contribution in [0.25, 0.3) is 10.6 Å². The molecule has 3 aromatic rings. The van der Waals surface area contributed by atoms with Gasteiger partial charge in [0.1, 0.15) is 18.2 Å². The van der Waals surface area contributed by atoms with Crippen LogP contribution in [0, 0.1) is 12.8 Å². The van der Waals surface area contributed by atoms with Gasteiger partial charge in [-0.3, -0.25) is 14.6 Å². The highest BCUT2D eigenvalue weighted by Crippen LogP contribution is 2.27. The predicted octanol–water partition coefficient (Wildman–Crippen LogP) is 3.93. The summed E-state index contributed by atoms with van der Waals surface area (Å²) in [7, 11) is 0. The van der Waals surface area contributed by atoms with Gasteiger partial charge in [-0.2, -0.15) is 0 Å². The fourth-order valence-electron chi connectivity index (χ4n) is 4.68. The van der Waals surface area contributed by atoms with Gasteiger partial charge in [0.05, 0.1) is 16.1 Å². The smallest absolute Gasteiger partial charge is 0.245 e. The van der Waals surface area contributed by atoms with Crippen molar-refractivity contribution in [2.45, 2.75) is 51.5 Å². The van der Waals surface area contributed by atoms with Crippen LogP contribution in [0.3, 0.4) is 0 Å². The van der Waals surface area contributed by atoms with Crippen LogP contribution in [0.4, 0.5) is 11.6 Å². The van der Waals surface area contributed by atoms with Crippen LogP contribution in [0.2, 0.25) is 0 Å². The minimum Gasteiger partial charge on any atom is -0.387 e. The lowest BCUT2D eigenvalue weighted by atomic mass is 9.88. The van der Waals surface area contributed by atoms with Crippen LogP contribution in [0.1, 0.15) is 44.1 Å². The molecule has 3 N–H and O–H groups in total. The van der Waals surface area contributed by atoms with Crippen molar-refractivity contribution in [1.29, 1.82) is 0 Å². The molecule has 3 aromatic heterocycles. The first-order valence-electron chi connectivity index (χ1n) is 12.8. The summed E-state index contributed by atoms with van der Waals surface area (Å²) in [6.45, 7) is 2.88. The minimum absolute atomic E-state index is 0.0113. The van der Waals surface area contributed by atoms with Crippen molar-refractivity contribution in [2.75, 3.05) is 25.0 Å². The van der Waals surface area contributed by atoms with E-state index in [0.29, 0.717) is 6.54 Å². The zero-order chi connectivity index (χ0) is 26.0. The topological polar surface area (TPSA) is 120 Å². The Balaban J connectivity index is 0.000000173. The fraction of sp³-hybridized carbons (Fsp3) is 0.444. The van der Waals surface area contributed by atoms with E-state index in [1.807, 2.05) is 48.4 Å². The van der Waals surface area contributed by atoms with Crippen LogP contribution in [0.5, 0.6) is 0 Å². The maximum atomic E-state index is 12.3. The number of nitrogens with zero attached hydrogens (tertiary/aromatic N) is 4. The number of amides is 2. The Morgan fingerprint density at radius 3 is 2.70 bits per heavy atom. The number of carbonyl (C=O) groups is 2. The van der Waals surface area contributed by atoms with Crippen LogP contribution >= 0.6 is 11.3 Å². The average Bonchev–Trinajstić information content (AvgIpc) is 3.62. The second-order valence-corrected chi connectivity index (χ2v) is 10.3. The van der Waals surface area contributed by atoms with Crippen molar-refractivity contribution < 1.29 is 14.7 Å². The molecule has 2 aliphatic rings. The van der Waals surface area contributed by atoms with E-state index in [9.17, 15) is 9.59 Å². The third-order valence-corrected chi connectivity index (χ3v) is 7.36. The number of likely N-dealkylation sites (tertiary alicyclic amines) is 1. The zero-order valence-electron chi connectivity index (χ0n) is 21.1. The van der Waals surface area contributed by atoms with Crippen molar-refractivity contribution in [3.63, 3.8) is 0 Å². The molecule has 1 unspecified atom stereocenters. The van der Waals surface area contributed by atoms with E-state index in [1.54, 1.807) is 23.0 Å². The maximum Gasteiger partial charge on any atom is 0.245 e. The van der Waals surface area contributed by atoms with Gasteiger partial charge in [-0.15, -0.1) is 11.3 Å². The molecule has 196 valence electrons. The Morgan fingerprint density at radius 2 is 1.97 bits per heavy atom. The van der Waals surface area contributed by atoms with Gasteiger partial charge < -0.3 is 20.6 Å². The van der Waals surface area contributed by atoms with E-state index in [4.69, 9.17) is 5.11 Å². The molecule has 10 heteroatoms. The normalized spacial score (nSPS) is 17.6. The Morgan fingerprint density at radius 1 is 1.14 bits per heavy atom. The van der Waals surface area contributed by atoms with E-state index in [1.165, 1.54) is 6.42 Å². The number of rotatable bonds is 6. The molecule has 2 amide bonds. The van der Waals surface area contributed by atoms with Gasteiger partial charge in [-0.25, -0.2) is 9.97 Å². The largest absolute Gasteiger partial charge is 0.387 e. The summed E-state index contributed by atoms with van der Waals surface area (Å²) in [5.74, 6) is 1.69. The molecule has 9 nitrogen and oxygen atoms in total. The standard InChI is InChI=1S/C14H12N4S.C13H22N2O3/c1-10-5-6-16-14(7-10)18-13-4-2-3-11(17-13)12-8-15-9-19-12;16-9-12(17)14-11-6-7-15(8-11)13(18)10-4-2-1-3-5-10/h2-9H,1H3,(H,16,17,18);10-11,16H,1-9H2,(H,14,17). The molecule has 1 saturated heterocycles. The molecular weight excluding hydrogens is 488 g/mol. The molecule has 2 fully saturated rings. The predicted molar refractivity (Wildman–Crippen MR) is 144 cm³/mol. The monoisotopic (exact) mass is 522 g/mol. The first-order valence-corrected chi connectivity index (χ1v) is 13.6. The van der Waals surface area contributed by atoms with Gasteiger partial charge in [0.2, 0.25) is 11.8 Å². The van der Waals surface area contributed by atoms with Crippen molar-refractivity contribution in [3.05, 3.63) is 53.8 Å². The summed E-state index contributed by atoms with van der Waals surface area (Å²) in [5.41, 5.74) is 3.88. The van der Waals surface area contributed by atoms with E-state index < -0.39 is 6.61 Å². The molecule has 37 heavy (non-hydrogen) atoms. The number of pyridine rings is 2. The second-order valence-electron chi connectivity index (χ2n) is 9.45. The molecule has 0 bridgehead atoms. The van der Waals surface area contributed by atoms with Crippen molar-refractivity contribution in [1.82, 2.24) is 25.2 Å². The number of hydrogen-bond donors (Lipinski definition) is 3. The lowest BCUT2D eigenvalue weighted by molar-refractivity contribution is -0.135. The molecule has 1 atom stereocenters. The number of hydrogen-bond acceptors (Lipinski definition) is 8. The average molecular weight is 523 g/mol. The number of thiazole rings is 1. The number of aliphatic hydroxyl groups is 1. The van der Waals surface area contributed by atoms with E-state index in [2.05, 4.69) is 25.6 Å². The van der Waals surface area contributed by atoms with Crippen LogP contribution in [-0.4, -0.2) is 62.5 Å². The lowest BCUT2D eigenvalue weighted by Gasteiger charge is -2.26. The number of aromatic nitrogens is 3. The van der Waals surface area contributed by atoms with Gasteiger partial charge in [0.25, 0.3) is 0 Å². The summed E-state index contributed by atoms with van der Waals surface area (Å²) in [5, 5.41) is 14.6. The Bertz CT molecular complexity index is 1170. The SMILES string of the molecule is Cc1ccnc(Nc2cccc(-c3cncs3)n2)c1.O=C(CO)NC1CCN(C(=O)C2CCCCC2)C1. The highest BCUT2D eigenvalue weighted by atomic mass is 32.1. The third kappa shape index (κ3) is 7.80. The van der Waals surface area contributed by atoms with Crippen LogP contribution < -0.4 is 10.6 Å². The Kier molecular flexibility index (Phi) is 9.56. The Hall–Kier alpha value is -3.37. The second kappa shape index (κ2) is 13.3. The first-order chi connectivity index (χ1) is 18.0. The lowest BCUT2D eigenvalue weighted by Crippen LogP contribution is -2.41. The fourth-order valence-corrected chi connectivity index (χ4v) is 5.27. The molecule has 1 aliphatic carbocycles. The highest BCUT2D eigenvalue weighted by Gasteiger charge is 2.31. The van der Waals surface area contributed by atoms with Crippen molar-refractivity contribution in [2.24, 2.45) is 5.92 Å². The van der Waals surface area contributed by atoms with E-state index in [-0.39, 0.29) is 23.8 Å². The van der Waals surface area contributed by atoms with Crippen molar-refractivity contribution >= 4 is 34.8 Å². The molecule has 1 saturated carbocycles. The van der Waals surface area contributed by atoms with Gasteiger partial charge in [-0.05, 0) is 56.0 Å². The minimum atomic E-state index is -0.479. The molecule has 0 aromatic carbocycles. The van der Waals surface area contributed by atoms with Crippen LogP contribution in [0.15, 0.2) is 48.2 Å². The Labute approximate surface area is 221 Å². The highest BCUT2D eigenvalue weighted by molar-refractivity contribution is 7.13. The third-order valence-electron chi connectivity index (χ3n) is 6.57. The molecular formula is C27H34N6O3S.